The number of hydrogen-bond donors (Lipinski definition) is 2. The molecule has 2 saturated heterocycles. The summed E-state index contributed by atoms with van der Waals surface area (Å²) in [5.41, 5.74) is 0. The van der Waals surface area contributed by atoms with Gasteiger partial charge in [0.05, 0.1) is 12.7 Å². The molecule has 0 aromatic carbocycles. The van der Waals surface area contributed by atoms with Gasteiger partial charge < -0.3 is 10.1 Å². The summed E-state index contributed by atoms with van der Waals surface area (Å²) in [7, 11) is -3.38. The largest absolute Gasteiger partial charge is 0.375 e. The van der Waals surface area contributed by atoms with Crippen molar-refractivity contribution >= 4 is 10.2 Å². The number of nitrogens with zero attached hydrogens (tertiary/aromatic N) is 1. The van der Waals surface area contributed by atoms with E-state index in [1.807, 2.05) is 13.8 Å². The molecule has 0 aliphatic carbocycles. The molecule has 0 saturated carbocycles. The van der Waals surface area contributed by atoms with Gasteiger partial charge in [-0.15, -0.1) is 0 Å². The van der Waals surface area contributed by atoms with Crippen LogP contribution in [0.15, 0.2) is 0 Å². The third kappa shape index (κ3) is 4.39. The molecule has 0 bridgehead atoms. The van der Waals surface area contributed by atoms with Crippen LogP contribution < -0.4 is 10.0 Å². The normalized spacial score (nSPS) is 33.2. The van der Waals surface area contributed by atoms with Crippen LogP contribution in [-0.2, 0) is 14.9 Å². The Balaban J connectivity index is 1.80. The molecule has 7 heteroatoms. The lowest BCUT2D eigenvalue weighted by Crippen LogP contribution is -2.54. The number of piperidine rings is 1. The van der Waals surface area contributed by atoms with Crippen LogP contribution in [-0.4, -0.2) is 57.7 Å². The summed E-state index contributed by atoms with van der Waals surface area (Å²) in [6.45, 7) is 7.31. The SMILES string of the molecule is C[C@@H]1CN(S(=O)(=O)NCC[C@H]2CCCNC2)[C@H](C)CO1. The highest BCUT2D eigenvalue weighted by Crippen LogP contribution is 2.16. The molecule has 0 spiro atoms. The summed E-state index contributed by atoms with van der Waals surface area (Å²) in [5.74, 6) is 0.590. The number of nitrogens with one attached hydrogen (secondary N) is 2. The average molecular weight is 305 g/mol. The fraction of sp³-hybridized carbons (Fsp3) is 1.00. The smallest absolute Gasteiger partial charge is 0.279 e. The number of ether oxygens (including phenoxy) is 1. The summed E-state index contributed by atoms with van der Waals surface area (Å²) in [6, 6.07) is -0.0972. The molecule has 20 heavy (non-hydrogen) atoms. The predicted molar refractivity (Wildman–Crippen MR) is 78.7 cm³/mol. The van der Waals surface area contributed by atoms with Gasteiger partial charge in [-0.3, -0.25) is 0 Å². The topological polar surface area (TPSA) is 70.7 Å². The minimum atomic E-state index is -3.38. The minimum absolute atomic E-state index is 0.0367. The summed E-state index contributed by atoms with van der Waals surface area (Å²) in [4.78, 5) is 0. The maximum absolute atomic E-state index is 12.3. The lowest BCUT2D eigenvalue weighted by molar-refractivity contribution is -0.0175. The first-order chi connectivity index (χ1) is 9.49. The van der Waals surface area contributed by atoms with Crippen LogP contribution in [0.3, 0.4) is 0 Å². The molecule has 0 amide bonds. The zero-order valence-corrected chi connectivity index (χ0v) is 13.3. The molecule has 0 aromatic heterocycles. The molecule has 2 heterocycles. The van der Waals surface area contributed by atoms with E-state index in [9.17, 15) is 8.42 Å². The van der Waals surface area contributed by atoms with Crippen molar-refractivity contribution in [3.8, 4) is 0 Å². The average Bonchev–Trinajstić information content (AvgIpc) is 2.42. The Morgan fingerprint density at radius 1 is 1.40 bits per heavy atom. The van der Waals surface area contributed by atoms with Gasteiger partial charge in [0.25, 0.3) is 10.2 Å². The zero-order chi connectivity index (χ0) is 14.6. The molecule has 2 aliphatic heterocycles. The zero-order valence-electron chi connectivity index (χ0n) is 12.5. The highest BCUT2D eigenvalue weighted by atomic mass is 32.2. The first kappa shape index (κ1) is 16.2. The number of morpholine rings is 1. The van der Waals surface area contributed by atoms with Gasteiger partial charge in [0.1, 0.15) is 0 Å². The van der Waals surface area contributed by atoms with Crippen molar-refractivity contribution in [2.75, 3.05) is 32.8 Å². The van der Waals surface area contributed by atoms with E-state index < -0.39 is 10.2 Å². The van der Waals surface area contributed by atoms with Crippen LogP contribution in [0.25, 0.3) is 0 Å². The van der Waals surface area contributed by atoms with Crippen molar-refractivity contribution in [2.24, 2.45) is 5.92 Å². The number of rotatable bonds is 5. The summed E-state index contributed by atoms with van der Waals surface area (Å²) in [6.07, 6.45) is 3.25. The number of hydrogen-bond acceptors (Lipinski definition) is 4. The fourth-order valence-electron chi connectivity index (χ4n) is 2.85. The van der Waals surface area contributed by atoms with Gasteiger partial charge in [0.2, 0.25) is 0 Å². The van der Waals surface area contributed by atoms with Crippen molar-refractivity contribution in [1.82, 2.24) is 14.3 Å². The second kappa shape index (κ2) is 7.17. The van der Waals surface area contributed by atoms with Crippen LogP contribution in [0, 0.1) is 5.92 Å². The lowest BCUT2D eigenvalue weighted by atomic mass is 9.96. The molecule has 2 fully saturated rings. The molecular formula is C13H27N3O3S. The first-order valence-electron chi connectivity index (χ1n) is 7.58. The monoisotopic (exact) mass is 305 g/mol. The molecule has 0 radical (unpaired) electrons. The van der Waals surface area contributed by atoms with Crippen LogP contribution in [0.5, 0.6) is 0 Å². The molecule has 3 atom stereocenters. The summed E-state index contributed by atoms with van der Waals surface area (Å²) in [5, 5.41) is 3.35. The van der Waals surface area contributed by atoms with Crippen LogP contribution >= 0.6 is 0 Å². The van der Waals surface area contributed by atoms with Crippen LogP contribution in [0.2, 0.25) is 0 Å². The van der Waals surface area contributed by atoms with Crippen molar-refractivity contribution in [2.45, 2.75) is 45.3 Å². The molecule has 2 rings (SSSR count). The summed E-state index contributed by atoms with van der Waals surface area (Å²) < 4.78 is 34.4. The Hall–Kier alpha value is -0.210. The van der Waals surface area contributed by atoms with E-state index in [0.29, 0.717) is 25.6 Å². The van der Waals surface area contributed by atoms with Crippen LogP contribution in [0.4, 0.5) is 0 Å². The second-order valence-corrected chi connectivity index (χ2v) is 7.67. The van der Waals surface area contributed by atoms with Gasteiger partial charge >= 0.3 is 0 Å². The lowest BCUT2D eigenvalue weighted by Gasteiger charge is -2.35. The Labute approximate surface area is 122 Å². The van der Waals surface area contributed by atoms with Gasteiger partial charge in [-0.25, -0.2) is 4.72 Å². The van der Waals surface area contributed by atoms with E-state index in [1.165, 1.54) is 17.1 Å². The Morgan fingerprint density at radius 3 is 2.90 bits per heavy atom. The first-order valence-corrected chi connectivity index (χ1v) is 9.02. The minimum Gasteiger partial charge on any atom is -0.375 e. The van der Waals surface area contributed by atoms with Crippen molar-refractivity contribution in [3.63, 3.8) is 0 Å². The maximum atomic E-state index is 12.3. The third-order valence-corrected chi connectivity index (χ3v) is 5.79. The molecule has 0 unspecified atom stereocenters. The molecular weight excluding hydrogens is 278 g/mol. The Bertz CT molecular complexity index is 396. The fourth-order valence-corrected chi connectivity index (χ4v) is 4.34. The Morgan fingerprint density at radius 2 is 2.20 bits per heavy atom. The van der Waals surface area contributed by atoms with E-state index in [4.69, 9.17) is 4.74 Å². The van der Waals surface area contributed by atoms with E-state index in [1.54, 1.807) is 0 Å². The van der Waals surface area contributed by atoms with Crippen molar-refractivity contribution in [1.29, 1.82) is 0 Å². The molecule has 0 aromatic rings. The molecule has 2 aliphatic rings. The van der Waals surface area contributed by atoms with E-state index in [-0.39, 0.29) is 12.1 Å². The van der Waals surface area contributed by atoms with Crippen LogP contribution in [0.1, 0.15) is 33.1 Å². The van der Waals surface area contributed by atoms with Gasteiger partial charge in [0, 0.05) is 19.1 Å². The molecule has 6 nitrogen and oxygen atoms in total. The predicted octanol–water partition coefficient (Wildman–Crippen LogP) is 0.320. The maximum Gasteiger partial charge on any atom is 0.279 e. The quantitative estimate of drug-likeness (QED) is 0.767. The van der Waals surface area contributed by atoms with Gasteiger partial charge in [-0.2, -0.15) is 12.7 Å². The highest BCUT2D eigenvalue weighted by Gasteiger charge is 2.32. The van der Waals surface area contributed by atoms with Crippen molar-refractivity contribution in [3.05, 3.63) is 0 Å². The molecule has 2 N–H and O–H groups in total. The standard InChI is InChI=1S/C13H27N3O3S/c1-11-10-19-12(2)9-16(11)20(17,18)15-7-5-13-4-3-6-14-8-13/h11-15H,3-10H2,1-2H3/t11-,12-,13-/m1/s1. The van der Waals surface area contributed by atoms with E-state index in [0.717, 1.165) is 19.5 Å². The van der Waals surface area contributed by atoms with Gasteiger partial charge in [-0.05, 0) is 52.1 Å². The van der Waals surface area contributed by atoms with E-state index in [2.05, 4.69) is 10.0 Å². The Kier molecular flexibility index (Phi) is 5.80. The highest BCUT2D eigenvalue weighted by molar-refractivity contribution is 7.87. The van der Waals surface area contributed by atoms with E-state index >= 15 is 0 Å². The van der Waals surface area contributed by atoms with Gasteiger partial charge in [0.15, 0.2) is 0 Å². The molecule has 118 valence electrons. The van der Waals surface area contributed by atoms with Gasteiger partial charge in [-0.1, -0.05) is 0 Å². The summed E-state index contributed by atoms with van der Waals surface area (Å²) >= 11 is 0. The third-order valence-electron chi connectivity index (χ3n) is 4.10. The second-order valence-electron chi connectivity index (χ2n) is 5.96. The van der Waals surface area contributed by atoms with Crippen molar-refractivity contribution < 1.29 is 13.2 Å².